The molecule has 138 valence electrons. The van der Waals surface area contributed by atoms with E-state index in [1.165, 1.54) is 18.2 Å². The summed E-state index contributed by atoms with van der Waals surface area (Å²) in [5.74, 6) is -0.295. The van der Waals surface area contributed by atoms with Crippen molar-refractivity contribution in [1.29, 1.82) is 0 Å². The molecule has 0 fully saturated rings. The summed E-state index contributed by atoms with van der Waals surface area (Å²) in [5.41, 5.74) is 2.84. The van der Waals surface area contributed by atoms with Crippen LogP contribution in [0.4, 0.5) is 18.0 Å². The molecule has 2 N–H and O–H groups in total. The van der Waals surface area contributed by atoms with E-state index in [1.807, 2.05) is 32.0 Å². The molecular formula is C19H18F3NO3. The van der Waals surface area contributed by atoms with Crippen LogP contribution in [0.2, 0.25) is 0 Å². The molecule has 1 atom stereocenters. The van der Waals surface area contributed by atoms with Gasteiger partial charge in [-0.2, -0.15) is 0 Å². The van der Waals surface area contributed by atoms with Crippen molar-refractivity contribution in [3.8, 4) is 16.9 Å². The third-order valence-electron chi connectivity index (χ3n) is 4.55. The van der Waals surface area contributed by atoms with Crippen molar-refractivity contribution >= 4 is 6.09 Å². The van der Waals surface area contributed by atoms with Crippen LogP contribution >= 0.6 is 0 Å². The molecule has 7 heteroatoms. The molecule has 2 aromatic carbocycles. The molecule has 1 unspecified atom stereocenters. The Kier molecular flexibility index (Phi) is 4.34. The van der Waals surface area contributed by atoms with E-state index in [1.54, 1.807) is 6.07 Å². The SMILES string of the molecule is CC1(C)Cc2ccc(-c3cccc(OC(F)(F)F)c3)cc2C1NC(=O)O. The van der Waals surface area contributed by atoms with Crippen LogP contribution in [0.5, 0.6) is 5.75 Å². The lowest BCUT2D eigenvalue weighted by Gasteiger charge is -2.27. The molecule has 0 saturated heterocycles. The van der Waals surface area contributed by atoms with Gasteiger partial charge in [0.15, 0.2) is 0 Å². The number of carboxylic acid groups (broad SMARTS) is 1. The van der Waals surface area contributed by atoms with Gasteiger partial charge in [-0.3, -0.25) is 0 Å². The summed E-state index contributed by atoms with van der Waals surface area (Å²) in [7, 11) is 0. The predicted octanol–water partition coefficient (Wildman–Crippen LogP) is 5.14. The molecule has 26 heavy (non-hydrogen) atoms. The number of amides is 1. The Morgan fingerprint density at radius 2 is 1.88 bits per heavy atom. The number of hydrogen-bond donors (Lipinski definition) is 2. The van der Waals surface area contributed by atoms with E-state index in [9.17, 15) is 18.0 Å². The van der Waals surface area contributed by atoms with Crippen LogP contribution in [-0.4, -0.2) is 17.6 Å². The minimum Gasteiger partial charge on any atom is -0.465 e. The number of alkyl halides is 3. The highest BCUT2D eigenvalue weighted by Crippen LogP contribution is 2.46. The molecule has 3 rings (SSSR count). The van der Waals surface area contributed by atoms with Crippen LogP contribution in [0.15, 0.2) is 42.5 Å². The zero-order valence-corrected chi connectivity index (χ0v) is 14.2. The first-order valence-electron chi connectivity index (χ1n) is 8.04. The molecule has 0 heterocycles. The molecule has 0 spiro atoms. The molecule has 1 aliphatic rings. The fraction of sp³-hybridized carbons (Fsp3) is 0.316. The summed E-state index contributed by atoms with van der Waals surface area (Å²) in [6.07, 6.45) is -5.15. The molecule has 1 aliphatic carbocycles. The Bertz CT molecular complexity index is 846. The second-order valence-corrected chi connectivity index (χ2v) is 7.04. The lowest BCUT2D eigenvalue weighted by atomic mass is 9.85. The van der Waals surface area contributed by atoms with Gasteiger partial charge >= 0.3 is 12.5 Å². The highest BCUT2D eigenvalue weighted by Gasteiger charge is 2.40. The summed E-state index contributed by atoms with van der Waals surface area (Å²) in [6.45, 7) is 3.95. The van der Waals surface area contributed by atoms with E-state index in [4.69, 9.17) is 5.11 Å². The molecule has 0 aromatic heterocycles. The summed E-state index contributed by atoms with van der Waals surface area (Å²) in [6, 6.07) is 10.9. The van der Waals surface area contributed by atoms with E-state index in [-0.39, 0.29) is 17.2 Å². The van der Waals surface area contributed by atoms with Gasteiger partial charge < -0.3 is 15.2 Å². The number of hydrogen-bond acceptors (Lipinski definition) is 2. The Balaban J connectivity index is 1.97. The maximum Gasteiger partial charge on any atom is 0.573 e. The van der Waals surface area contributed by atoms with Crippen LogP contribution < -0.4 is 10.1 Å². The Morgan fingerprint density at radius 3 is 2.54 bits per heavy atom. The number of ether oxygens (including phenoxy) is 1. The normalized spacial score (nSPS) is 18.3. The van der Waals surface area contributed by atoms with Gasteiger partial charge in [0.1, 0.15) is 5.75 Å². The molecule has 0 bridgehead atoms. The molecule has 2 aromatic rings. The Hall–Kier alpha value is -2.70. The third-order valence-corrected chi connectivity index (χ3v) is 4.55. The van der Waals surface area contributed by atoms with Gasteiger partial charge in [-0.1, -0.05) is 38.1 Å². The maximum atomic E-state index is 12.4. The number of fused-ring (bicyclic) bond motifs is 1. The first-order valence-corrected chi connectivity index (χ1v) is 8.04. The smallest absolute Gasteiger partial charge is 0.465 e. The van der Waals surface area contributed by atoms with Crippen molar-refractivity contribution in [3.63, 3.8) is 0 Å². The van der Waals surface area contributed by atoms with Crippen molar-refractivity contribution < 1.29 is 27.8 Å². The van der Waals surface area contributed by atoms with E-state index in [0.29, 0.717) is 17.5 Å². The van der Waals surface area contributed by atoms with E-state index < -0.39 is 12.5 Å². The predicted molar refractivity (Wildman–Crippen MR) is 89.9 cm³/mol. The second-order valence-electron chi connectivity index (χ2n) is 7.04. The molecule has 4 nitrogen and oxygen atoms in total. The fourth-order valence-electron chi connectivity index (χ4n) is 3.49. The molecule has 0 radical (unpaired) electrons. The van der Waals surface area contributed by atoms with Crippen molar-refractivity contribution in [3.05, 3.63) is 53.6 Å². The van der Waals surface area contributed by atoms with Crippen molar-refractivity contribution in [2.45, 2.75) is 32.7 Å². The van der Waals surface area contributed by atoms with E-state index >= 15 is 0 Å². The minimum absolute atomic E-state index is 0.291. The fourth-order valence-corrected chi connectivity index (χ4v) is 3.49. The number of nitrogens with one attached hydrogen (secondary N) is 1. The van der Waals surface area contributed by atoms with Gasteiger partial charge in [-0.25, -0.2) is 4.79 Å². The summed E-state index contributed by atoms with van der Waals surface area (Å²) in [5, 5.41) is 11.7. The topological polar surface area (TPSA) is 58.6 Å². The van der Waals surface area contributed by atoms with Crippen molar-refractivity contribution in [2.75, 3.05) is 0 Å². The average Bonchev–Trinajstić information content (AvgIpc) is 2.75. The van der Waals surface area contributed by atoms with E-state index in [2.05, 4.69) is 10.1 Å². The first kappa shape index (κ1) is 18.1. The lowest BCUT2D eigenvalue weighted by Crippen LogP contribution is -2.34. The van der Waals surface area contributed by atoms with Crippen LogP contribution in [0.3, 0.4) is 0 Å². The maximum absolute atomic E-state index is 12.4. The largest absolute Gasteiger partial charge is 0.573 e. The Morgan fingerprint density at radius 1 is 1.19 bits per heavy atom. The van der Waals surface area contributed by atoms with Crippen LogP contribution in [0.25, 0.3) is 11.1 Å². The lowest BCUT2D eigenvalue weighted by molar-refractivity contribution is -0.274. The standard InChI is InChI=1S/C19H18F3NO3/c1-18(2)10-13-7-6-12(9-15(13)16(18)23-17(24)25)11-4-3-5-14(8-11)26-19(20,21)22/h3-9,16,23H,10H2,1-2H3,(H,24,25). The summed E-state index contributed by atoms with van der Waals surface area (Å²) in [4.78, 5) is 11.2. The second kappa shape index (κ2) is 6.23. The number of benzene rings is 2. The molecule has 0 aliphatic heterocycles. The summed E-state index contributed by atoms with van der Waals surface area (Å²) < 4.78 is 41.3. The highest BCUT2D eigenvalue weighted by molar-refractivity contribution is 5.69. The first-order chi connectivity index (χ1) is 12.0. The highest BCUT2D eigenvalue weighted by atomic mass is 19.4. The zero-order chi connectivity index (χ0) is 19.1. The average molecular weight is 365 g/mol. The monoisotopic (exact) mass is 365 g/mol. The van der Waals surface area contributed by atoms with E-state index in [0.717, 1.165) is 11.1 Å². The zero-order valence-electron chi connectivity index (χ0n) is 14.2. The van der Waals surface area contributed by atoms with Gasteiger partial charge in [0.25, 0.3) is 0 Å². The van der Waals surface area contributed by atoms with Gasteiger partial charge in [0, 0.05) is 0 Å². The number of rotatable bonds is 3. The molecular weight excluding hydrogens is 347 g/mol. The van der Waals surface area contributed by atoms with Gasteiger partial charge in [-0.15, -0.1) is 13.2 Å². The Labute approximate surface area is 148 Å². The van der Waals surface area contributed by atoms with Gasteiger partial charge in [0.2, 0.25) is 0 Å². The van der Waals surface area contributed by atoms with Crippen molar-refractivity contribution in [1.82, 2.24) is 5.32 Å². The van der Waals surface area contributed by atoms with Crippen LogP contribution in [0, 0.1) is 5.41 Å². The van der Waals surface area contributed by atoms with Gasteiger partial charge in [-0.05, 0) is 52.3 Å². The van der Waals surface area contributed by atoms with Crippen LogP contribution in [-0.2, 0) is 6.42 Å². The summed E-state index contributed by atoms with van der Waals surface area (Å²) >= 11 is 0. The number of halogens is 3. The molecule has 1 amide bonds. The third kappa shape index (κ3) is 3.76. The molecule has 0 saturated carbocycles. The van der Waals surface area contributed by atoms with Gasteiger partial charge in [0.05, 0.1) is 6.04 Å². The van der Waals surface area contributed by atoms with Crippen molar-refractivity contribution in [2.24, 2.45) is 5.41 Å². The number of carbonyl (C=O) groups is 1. The minimum atomic E-state index is -4.75. The van der Waals surface area contributed by atoms with Crippen LogP contribution in [0.1, 0.15) is 31.0 Å². The quantitative estimate of drug-likeness (QED) is 0.791.